The number of aliphatic hydroxyl groups excluding tert-OH is 1. The first-order valence-corrected chi connectivity index (χ1v) is 12.7. The van der Waals surface area contributed by atoms with E-state index in [4.69, 9.17) is 0 Å². The lowest BCUT2D eigenvalue weighted by atomic mass is 9.48. The molecule has 29 heavy (non-hydrogen) atoms. The van der Waals surface area contributed by atoms with Crippen molar-refractivity contribution in [1.29, 1.82) is 0 Å². The number of fused-ring (bicyclic) bond motifs is 5. The van der Waals surface area contributed by atoms with Crippen molar-refractivity contribution in [2.24, 2.45) is 46.3 Å². The van der Waals surface area contributed by atoms with E-state index < -0.39 is 0 Å². The lowest BCUT2D eigenvalue weighted by Crippen LogP contribution is -2.49. The van der Waals surface area contributed by atoms with Gasteiger partial charge in [0.1, 0.15) is 0 Å². The summed E-state index contributed by atoms with van der Waals surface area (Å²) < 4.78 is 0. The fourth-order valence-electron chi connectivity index (χ4n) is 8.02. The summed E-state index contributed by atoms with van der Waals surface area (Å²) in [4.78, 5) is 0. The summed E-state index contributed by atoms with van der Waals surface area (Å²) in [5.41, 5.74) is 4.42. The lowest BCUT2D eigenvalue weighted by Gasteiger charge is -2.57. The van der Waals surface area contributed by atoms with Gasteiger partial charge in [0.05, 0.1) is 6.10 Å². The average molecular weight is 399 g/mol. The molecule has 1 N–H and O–H groups in total. The molecule has 0 radical (unpaired) electrons. The maximum atomic E-state index is 10.2. The van der Waals surface area contributed by atoms with E-state index in [1.807, 2.05) is 5.57 Å². The van der Waals surface area contributed by atoms with Crippen LogP contribution in [0, 0.1) is 46.3 Å². The molecule has 4 rings (SSSR count). The van der Waals surface area contributed by atoms with E-state index >= 15 is 0 Å². The first kappa shape index (κ1) is 21.7. The summed E-state index contributed by atoms with van der Waals surface area (Å²) in [7, 11) is 0. The second kappa shape index (κ2) is 7.85. The van der Waals surface area contributed by atoms with Gasteiger partial charge in [0.25, 0.3) is 0 Å². The molecule has 4 aliphatic carbocycles. The van der Waals surface area contributed by atoms with E-state index in [0.29, 0.717) is 22.7 Å². The zero-order chi connectivity index (χ0) is 21.0. The van der Waals surface area contributed by atoms with Crippen LogP contribution in [0.2, 0.25) is 0 Å². The Hall–Kier alpha value is -0.560. The van der Waals surface area contributed by atoms with Crippen LogP contribution in [-0.2, 0) is 0 Å². The molecule has 0 aliphatic heterocycles. The molecule has 3 fully saturated rings. The Labute approximate surface area is 180 Å². The van der Waals surface area contributed by atoms with Crippen molar-refractivity contribution < 1.29 is 5.11 Å². The van der Waals surface area contributed by atoms with Gasteiger partial charge >= 0.3 is 0 Å². The van der Waals surface area contributed by atoms with Gasteiger partial charge in [-0.15, -0.1) is 0 Å². The summed E-state index contributed by atoms with van der Waals surface area (Å²) in [5, 5.41) is 10.2. The smallest absolute Gasteiger partial charge is 0.0543 e. The molecular weight excluding hydrogens is 352 g/mol. The van der Waals surface area contributed by atoms with Gasteiger partial charge in [0.2, 0.25) is 0 Å². The Bertz CT molecular complexity index is 672. The summed E-state index contributed by atoms with van der Waals surface area (Å²) in [5.74, 6) is 4.64. The van der Waals surface area contributed by atoms with E-state index in [-0.39, 0.29) is 6.10 Å². The maximum Gasteiger partial charge on any atom is 0.0543 e. The van der Waals surface area contributed by atoms with Crippen LogP contribution < -0.4 is 0 Å². The molecule has 0 aromatic carbocycles. The number of allylic oxidation sites excluding steroid dienone is 4. The quantitative estimate of drug-likeness (QED) is 0.484. The van der Waals surface area contributed by atoms with Gasteiger partial charge in [-0.05, 0) is 111 Å². The normalized spacial score (nSPS) is 46.0. The molecular formula is C28H46O. The predicted molar refractivity (Wildman–Crippen MR) is 124 cm³/mol. The molecule has 1 heteroatoms. The van der Waals surface area contributed by atoms with Crippen LogP contribution in [0.3, 0.4) is 0 Å². The fraction of sp³-hybridized carbons (Fsp3) is 0.857. The molecule has 3 saturated carbocycles. The van der Waals surface area contributed by atoms with Crippen LogP contribution in [0.5, 0.6) is 0 Å². The fourth-order valence-corrected chi connectivity index (χ4v) is 8.02. The average Bonchev–Trinajstić information content (AvgIpc) is 3.02. The Morgan fingerprint density at radius 3 is 2.48 bits per heavy atom. The first-order chi connectivity index (χ1) is 13.7. The highest BCUT2D eigenvalue weighted by molar-refractivity contribution is 5.28. The second-order valence-corrected chi connectivity index (χ2v) is 12.2. The van der Waals surface area contributed by atoms with Crippen molar-refractivity contribution in [3.05, 3.63) is 23.3 Å². The molecule has 0 saturated heterocycles. The van der Waals surface area contributed by atoms with Crippen molar-refractivity contribution >= 4 is 0 Å². The predicted octanol–water partition coefficient (Wildman–Crippen LogP) is 7.55. The van der Waals surface area contributed by atoms with Crippen molar-refractivity contribution in [3.63, 3.8) is 0 Å². The number of hydrogen-bond donors (Lipinski definition) is 1. The van der Waals surface area contributed by atoms with Crippen LogP contribution in [0.1, 0.15) is 99.3 Å². The monoisotopic (exact) mass is 398 g/mol. The molecule has 8 unspecified atom stereocenters. The van der Waals surface area contributed by atoms with Crippen molar-refractivity contribution in [1.82, 2.24) is 0 Å². The zero-order valence-electron chi connectivity index (χ0n) is 20.0. The number of rotatable bonds is 4. The lowest BCUT2D eigenvalue weighted by molar-refractivity contribution is -0.0397. The molecule has 0 amide bonds. The summed E-state index contributed by atoms with van der Waals surface area (Å²) in [6.45, 7) is 14.7. The minimum atomic E-state index is -0.0454. The Morgan fingerprint density at radius 2 is 1.76 bits per heavy atom. The third-order valence-electron chi connectivity index (χ3n) is 10.7. The van der Waals surface area contributed by atoms with Crippen molar-refractivity contribution in [2.45, 2.75) is 105 Å². The van der Waals surface area contributed by atoms with Gasteiger partial charge < -0.3 is 5.11 Å². The Kier molecular flexibility index (Phi) is 5.86. The third kappa shape index (κ3) is 3.58. The van der Waals surface area contributed by atoms with Gasteiger partial charge in [-0.25, -0.2) is 0 Å². The van der Waals surface area contributed by atoms with E-state index in [1.165, 1.54) is 44.9 Å². The van der Waals surface area contributed by atoms with Gasteiger partial charge in [0.15, 0.2) is 0 Å². The molecule has 0 aromatic rings. The Morgan fingerprint density at radius 1 is 1.07 bits per heavy atom. The molecule has 0 heterocycles. The van der Waals surface area contributed by atoms with Crippen LogP contribution in [-0.4, -0.2) is 11.2 Å². The molecule has 164 valence electrons. The highest BCUT2D eigenvalue weighted by Crippen LogP contribution is 2.66. The highest BCUT2D eigenvalue weighted by Gasteiger charge is 2.57. The van der Waals surface area contributed by atoms with Crippen LogP contribution >= 0.6 is 0 Å². The van der Waals surface area contributed by atoms with Gasteiger partial charge in [-0.3, -0.25) is 0 Å². The summed E-state index contributed by atoms with van der Waals surface area (Å²) in [6.07, 6.45) is 16.7. The molecule has 4 aliphatic rings. The molecule has 0 spiro atoms. The van der Waals surface area contributed by atoms with Crippen LogP contribution in [0.4, 0.5) is 0 Å². The van der Waals surface area contributed by atoms with Gasteiger partial charge in [-0.2, -0.15) is 0 Å². The van der Waals surface area contributed by atoms with Crippen molar-refractivity contribution in [2.75, 3.05) is 0 Å². The Balaban J connectivity index is 1.52. The second-order valence-electron chi connectivity index (χ2n) is 12.2. The minimum Gasteiger partial charge on any atom is -0.393 e. The molecule has 0 aromatic heterocycles. The molecule has 8 atom stereocenters. The molecule has 0 bridgehead atoms. The number of aliphatic hydroxyl groups is 1. The first-order valence-electron chi connectivity index (χ1n) is 12.7. The third-order valence-corrected chi connectivity index (χ3v) is 10.7. The topological polar surface area (TPSA) is 20.2 Å². The minimum absolute atomic E-state index is 0.0454. The maximum absolute atomic E-state index is 10.2. The van der Waals surface area contributed by atoms with E-state index in [0.717, 1.165) is 36.5 Å². The van der Waals surface area contributed by atoms with Crippen LogP contribution in [0.25, 0.3) is 0 Å². The summed E-state index contributed by atoms with van der Waals surface area (Å²) in [6, 6.07) is 0. The largest absolute Gasteiger partial charge is 0.393 e. The zero-order valence-corrected chi connectivity index (χ0v) is 20.0. The summed E-state index contributed by atoms with van der Waals surface area (Å²) >= 11 is 0. The number of hydrogen-bond acceptors (Lipinski definition) is 1. The standard InChI is InChI=1S/C28H46O/c1-18(2)20(4)19(3)7-8-21-10-12-25-24-11-9-22-17-23(29)13-15-28(22,6)26(24)14-16-27(21,25)5/h7,11,18,20-23,25-26,29H,8-10,12-17H2,1-6H3/b19-7+. The molecule has 1 nitrogen and oxygen atoms in total. The van der Waals surface area contributed by atoms with Gasteiger partial charge in [0, 0.05) is 0 Å². The SMILES string of the molecule is C/C(=C\CC1CCC2C3=CCC4CC(O)CCC4(C)C3CCC12C)C(C)C(C)C. The van der Waals surface area contributed by atoms with Crippen LogP contribution in [0.15, 0.2) is 23.3 Å². The van der Waals surface area contributed by atoms with E-state index in [2.05, 4.69) is 53.7 Å². The van der Waals surface area contributed by atoms with Gasteiger partial charge in [-0.1, -0.05) is 57.9 Å². The highest BCUT2D eigenvalue weighted by atomic mass is 16.3. The van der Waals surface area contributed by atoms with Crippen molar-refractivity contribution in [3.8, 4) is 0 Å². The van der Waals surface area contributed by atoms with E-state index in [9.17, 15) is 5.11 Å². The van der Waals surface area contributed by atoms with E-state index in [1.54, 1.807) is 5.57 Å².